The van der Waals surface area contributed by atoms with Crippen LogP contribution >= 0.6 is 0 Å². The molecule has 4 heteroatoms. The largest absolute Gasteiger partial charge is 0.378 e. The molecule has 2 aromatic carbocycles. The summed E-state index contributed by atoms with van der Waals surface area (Å²) >= 11 is 0. The van der Waals surface area contributed by atoms with Crippen LogP contribution in [-0.2, 0) is 10.2 Å². The topological polar surface area (TPSA) is 35.6 Å². The van der Waals surface area contributed by atoms with Crippen molar-refractivity contribution in [1.82, 2.24) is 5.32 Å². The molecule has 1 saturated heterocycles. The summed E-state index contributed by atoms with van der Waals surface area (Å²) in [6.45, 7) is 6.93. The third-order valence-electron chi connectivity index (χ3n) is 6.27. The summed E-state index contributed by atoms with van der Waals surface area (Å²) in [5.41, 5.74) is 5.22. The Labute approximate surface area is 173 Å². The molecule has 2 aliphatic heterocycles. The molecule has 1 fully saturated rings. The van der Waals surface area contributed by atoms with Gasteiger partial charge in [-0.3, -0.25) is 4.79 Å². The summed E-state index contributed by atoms with van der Waals surface area (Å²) in [4.78, 5) is 16.7. The number of hydrogen-bond acceptors (Lipinski definition) is 3. The van der Waals surface area contributed by atoms with E-state index in [2.05, 4.69) is 96.6 Å². The highest BCUT2D eigenvalue weighted by Gasteiger charge is 2.59. The molecular formula is C25H29N3O. The molecule has 1 atom stereocenters. The summed E-state index contributed by atoms with van der Waals surface area (Å²) in [7, 11) is 4.08. The maximum absolute atomic E-state index is 12.4. The summed E-state index contributed by atoms with van der Waals surface area (Å²) in [5.74, 6) is 0.0669. The fourth-order valence-corrected chi connectivity index (χ4v) is 4.53. The van der Waals surface area contributed by atoms with Gasteiger partial charge in [-0.2, -0.15) is 0 Å². The van der Waals surface area contributed by atoms with Crippen molar-refractivity contribution in [2.24, 2.45) is 0 Å². The van der Waals surface area contributed by atoms with Crippen LogP contribution in [0.3, 0.4) is 0 Å². The first-order valence-corrected chi connectivity index (χ1v) is 10.1. The average molecular weight is 388 g/mol. The number of nitrogens with one attached hydrogen (secondary N) is 1. The first kappa shape index (κ1) is 19.3. The summed E-state index contributed by atoms with van der Waals surface area (Å²) in [6, 6.07) is 15.0. The van der Waals surface area contributed by atoms with Crippen molar-refractivity contribution >= 4 is 23.4 Å². The Morgan fingerprint density at radius 2 is 1.79 bits per heavy atom. The number of anilines is 2. The zero-order valence-electron chi connectivity index (χ0n) is 17.9. The smallest absolute Gasteiger partial charge is 0.241 e. The van der Waals surface area contributed by atoms with Crippen molar-refractivity contribution in [2.45, 2.75) is 31.8 Å². The van der Waals surface area contributed by atoms with Gasteiger partial charge in [0.25, 0.3) is 0 Å². The van der Waals surface area contributed by atoms with Crippen LogP contribution in [0.15, 0.2) is 60.7 Å². The number of benzene rings is 2. The maximum Gasteiger partial charge on any atom is 0.241 e. The lowest BCUT2D eigenvalue weighted by Gasteiger charge is -2.40. The first-order valence-electron chi connectivity index (χ1n) is 10.1. The minimum Gasteiger partial charge on any atom is -0.378 e. The van der Waals surface area contributed by atoms with Gasteiger partial charge in [-0.05, 0) is 42.3 Å². The Hall–Kier alpha value is -3.01. The van der Waals surface area contributed by atoms with Crippen molar-refractivity contribution in [3.63, 3.8) is 0 Å². The van der Waals surface area contributed by atoms with Gasteiger partial charge in [-0.25, -0.2) is 0 Å². The molecule has 29 heavy (non-hydrogen) atoms. The third-order valence-corrected chi connectivity index (χ3v) is 6.27. The van der Waals surface area contributed by atoms with Gasteiger partial charge in [0.1, 0.15) is 5.66 Å². The lowest BCUT2D eigenvalue weighted by Crippen LogP contribution is -2.58. The lowest BCUT2D eigenvalue weighted by molar-refractivity contribution is -0.118. The molecule has 2 heterocycles. The molecular weight excluding hydrogens is 358 g/mol. The number of carbonyl (C=O) groups is 1. The van der Waals surface area contributed by atoms with Crippen LogP contribution < -0.4 is 15.1 Å². The Morgan fingerprint density at radius 1 is 1.07 bits per heavy atom. The second-order valence-electron chi connectivity index (χ2n) is 8.75. The number of nitrogens with zero attached hydrogens (tertiary/aromatic N) is 2. The van der Waals surface area contributed by atoms with Crippen LogP contribution in [0.4, 0.5) is 11.4 Å². The van der Waals surface area contributed by atoms with Crippen LogP contribution in [0.2, 0.25) is 0 Å². The first-order chi connectivity index (χ1) is 13.7. The van der Waals surface area contributed by atoms with E-state index in [-0.39, 0.29) is 11.3 Å². The second-order valence-corrected chi connectivity index (χ2v) is 8.75. The van der Waals surface area contributed by atoms with Gasteiger partial charge < -0.3 is 15.1 Å². The van der Waals surface area contributed by atoms with E-state index in [0.29, 0.717) is 6.54 Å². The minimum absolute atomic E-state index is 0.0669. The zero-order valence-corrected chi connectivity index (χ0v) is 17.9. The molecule has 2 aromatic rings. The van der Waals surface area contributed by atoms with Crippen LogP contribution in [-0.4, -0.2) is 32.2 Å². The highest BCUT2D eigenvalue weighted by Crippen LogP contribution is 2.52. The van der Waals surface area contributed by atoms with Crippen molar-refractivity contribution in [1.29, 1.82) is 0 Å². The fourth-order valence-electron chi connectivity index (χ4n) is 4.53. The molecule has 4 nitrogen and oxygen atoms in total. The van der Waals surface area contributed by atoms with Crippen molar-refractivity contribution < 1.29 is 4.79 Å². The van der Waals surface area contributed by atoms with E-state index in [0.717, 1.165) is 11.3 Å². The number of hydrogen-bond donors (Lipinski definition) is 1. The number of aryl methyl sites for hydroxylation is 1. The zero-order chi connectivity index (χ0) is 20.8. The van der Waals surface area contributed by atoms with E-state index in [4.69, 9.17) is 0 Å². The third kappa shape index (κ3) is 3.03. The predicted molar refractivity (Wildman–Crippen MR) is 121 cm³/mol. The standard InChI is InChI=1S/C25H29N3O/c1-18-9-14-22-21(16-18)24(2,3)25(26-23(29)17-28(22)25)15-7-6-8-19-10-12-20(13-11-19)27(4)5/h6-16H,17H2,1-5H3,(H,26,29). The minimum atomic E-state index is -0.542. The van der Waals surface area contributed by atoms with Gasteiger partial charge in [0, 0.05) is 30.9 Å². The van der Waals surface area contributed by atoms with Gasteiger partial charge in [0.2, 0.25) is 5.91 Å². The Balaban J connectivity index is 1.63. The van der Waals surface area contributed by atoms with Gasteiger partial charge in [0.15, 0.2) is 0 Å². The summed E-state index contributed by atoms with van der Waals surface area (Å²) < 4.78 is 0. The lowest BCUT2D eigenvalue weighted by atomic mass is 9.75. The van der Waals surface area contributed by atoms with Gasteiger partial charge in [0.05, 0.1) is 6.54 Å². The number of allylic oxidation sites excluding steroid dienone is 2. The van der Waals surface area contributed by atoms with Crippen LogP contribution in [0.25, 0.3) is 6.08 Å². The van der Waals surface area contributed by atoms with E-state index >= 15 is 0 Å². The number of carbonyl (C=O) groups excluding carboxylic acids is 1. The van der Waals surface area contributed by atoms with Gasteiger partial charge >= 0.3 is 0 Å². The maximum atomic E-state index is 12.4. The molecule has 0 aliphatic carbocycles. The predicted octanol–water partition coefficient (Wildman–Crippen LogP) is 4.25. The van der Waals surface area contributed by atoms with E-state index in [1.165, 1.54) is 16.8 Å². The molecule has 1 amide bonds. The highest BCUT2D eigenvalue weighted by molar-refractivity contribution is 5.91. The van der Waals surface area contributed by atoms with Gasteiger partial charge in [-0.15, -0.1) is 0 Å². The monoisotopic (exact) mass is 387 g/mol. The number of amides is 1. The van der Waals surface area contributed by atoms with Crippen LogP contribution in [0.1, 0.15) is 30.5 Å². The molecule has 4 rings (SSSR count). The molecule has 0 radical (unpaired) electrons. The molecule has 2 aliphatic rings. The molecule has 0 aromatic heterocycles. The van der Waals surface area contributed by atoms with Crippen molar-refractivity contribution in [3.8, 4) is 0 Å². The Kier molecular flexibility index (Phi) is 4.53. The van der Waals surface area contributed by atoms with E-state index in [9.17, 15) is 4.79 Å². The molecule has 0 spiro atoms. The molecule has 150 valence electrons. The Morgan fingerprint density at radius 3 is 2.48 bits per heavy atom. The highest BCUT2D eigenvalue weighted by atomic mass is 16.2. The quantitative estimate of drug-likeness (QED) is 0.797. The van der Waals surface area contributed by atoms with E-state index < -0.39 is 5.66 Å². The number of fused-ring (bicyclic) bond motifs is 3. The summed E-state index contributed by atoms with van der Waals surface area (Å²) in [5, 5.41) is 3.27. The van der Waals surface area contributed by atoms with E-state index in [1.807, 2.05) is 20.2 Å². The SMILES string of the molecule is Cc1ccc2c(c1)C(C)(C)C1(C=CC=Cc3ccc(N(C)C)cc3)NC(=O)CN21. The normalized spacial score (nSPS) is 22.2. The van der Waals surface area contributed by atoms with Crippen molar-refractivity contribution in [2.75, 3.05) is 30.4 Å². The Bertz CT molecular complexity index is 1000. The van der Waals surface area contributed by atoms with Gasteiger partial charge in [-0.1, -0.05) is 61.9 Å². The fraction of sp³-hybridized carbons (Fsp3) is 0.320. The molecule has 1 unspecified atom stereocenters. The average Bonchev–Trinajstić information content (AvgIpc) is 3.10. The molecule has 0 bridgehead atoms. The van der Waals surface area contributed by atoms with Crippen LogP contribution in [0, 0.1) is 6.92 Å². The second kappa shape index (κ2) is 6.80. The van der Waals surface area contributed by atoms with E-state index in [1.54, 1.807) is 0 Å². The van der Waals surface area contributed by atoms with Crippen LogP contribution in [0.5, 0.6) is 0 Å². The molecule has 1 N–H and O–H groups in total. The summed E-state index contributed by atoms with van der Waals surface area (Å²) in [6.07, 6.45) is 8.33. The van der Waals surface area contributed by atoms with Crippen molar-refractivity contribution in [3.05, 3.63) is 77.4 Å². The number of rotatable bonds is 4. The molecule has 0 saturated carbocycles.